The van der Waals surface area contributed by atoms with Crippen LogP contribution in [0.3, 0.4) is 0 Å². The van der Waals surface area contributed by atoms with E-state index in [4.69, 9.17) is 10.5 Å². The minimum atomic E-state index is -1.14. The van der Waals surface area contributed by atoms with Gasteiger partial charge in [-0.3, -0.25) is 10.4 Å². The van der Waals surface area contributed by atoms with Gasteiger partial charge in [-0.1, -0.05) is 0 Å². The third-order valence-electron chi connectivity index (χ3n) is 1.01. The van der Waals surface area contributed by atoms with Gasteiger partial charge in [0.05, 0.1) is 0 Å². The highest BCUT2D eigenvalue weighted by Crippen LogP contribution is 1.97. The molecule has 0 saturated carbocycles. The fraction of sp³-hybridized carbons (Fsp3) is 0.200. The van der Waals surface area contributed by atoms with Gasteiger partial charge in [-0.2, -0.15) is 0 Å². The van der Waals surface area contributed by atoms with Crippen molar-refractivity contribution in [1.29, 1.82) is 5.41 Å². The van der Waals surface area contributed by atoms with Crippen LogP contribution < -0.4 is 0 Å². The van der Waals surface area contributed by atoms with Crippen molar-refractivity contribution in [3.63, 3.8) is 0 Å². The lowest BCUT2D eigenvalue weighted by Gasteiger charge is -2.05. The Morgan fingerprint density at radius 1 is 1.70 bits per heavy atom. The number of nitrogens with zero attached hydrogens (tertiary/aromatic N) is 2. The van der Waals surface area contributed by atoms with E-state index >= 15 is 0 Å². The Hall–Kier alpha value is -1.52. The monoisotopic (exact) mass is 139 g/mol. The predicted octanol–water partition coefficient (Wildman–Crippen LogP) is -0.428. The summed E-state index contributed by atoms with van der Waals surface area (Å²) in [5, 5.41) is 15.4. The first kappa shape index (κ1) is 6.60. The summed E-state index contributed by atoms with van der Waals surface area (Å²) in [5.74, 6) is -1.37. The van der Waals surface area contributed by atoms with Crippen LogP contribution in [0, 0.1) is 5.41 Å². The van der Waals surface area contributed by atoms with Crippen molar-refractivity contribution in [3.8, 4) is 0 Å². The van der Waals surface area contributed by atoms with Crippen molar-refractivity contribution < 1.29 is 9.90 Å². The van der Waals surface area contributed by atoms with Crippen molar-refractivity contribution in [2.75, 3.05) is 0 Å². The van der Waals surface area contributed by atoms with Gasteiger partial charge in [0, 0.05) is 12.4 Å². The minimum Gasteiger partial charge on any atom is -0.479 e. The molecule has 0 aromatic carbocycles. The van der Waals surface area contributed by atoms with E-state index in [2.05, 4.69) is 9.98 Å². The van der Waals surface area contributed by atoms with E-state index in [1.165, 1.54) is 12.4 Å². The number of carbonyl (C=O) groups is 1. The number of carboxylic acid groups (broad SMARTS) is 1. The quantitative estimate of drug-likeness (QED) is 0.516. The van der Waals surface area contributed by atoms with E-state index in [1.54, 1.807) is 0 Å². The van der Waals surface area contributed by atoms with Crippen molar-refractivity contribution in [2.45, 2.75) is 6.04 Å². The summed E-state index contributed by atoms with van der Waals surface area (Å²) >= 11 is 0. The molecule has 0 fully saturated rings. The van der Waals surface area contributed by atoms with Crippen LogP contribution in [-0.4, -0.2) is 35.4 Å². The summed E-state index contributed by atoms with van der Waals surface area (Å²) in [5.41, 5.74) is 0. The van der Waals surface area contributed by atoms with Crippen molar-refractivity contribution in [2.24, 2.45) is 9.98 Å². The van der Waals surface area contributed by atoms with E-state index in [-0.39, 0.29) is 5.84 Å². The third kappa shape index (κ3) is 1.07. The Labute approximate surface area is 56.6 Å². The predicted molar refractivity (Wildman–Crippen MR) is 36.1 cm³/mol. The molecule has 52 valence electrons. The van der Waals surface area contributed by atoms with E-state index in [0.29, 0.717) is 0 Å². The van der Waals surface area contributed by atoms with E-state index in [1.807, 2.05) is 0 Å². The topological polar surface area (TPSA) is 85.9 Å². The zero-order valence-corrected chi connectivity index (χ0v) is 4.98. The van der Waals surface area contributed by atoms with E-state index in [0.717, 1.165) is 0 Å². The fourth-order valence-corrected chi connectivity index (χ4v) is 0.560. The lowest BCUT2D eigenvalue weighted by molar-refractivity contribution is -0.136. The Morgan fingerprint density at radius 2 is 2.40 bits per heavy atom. The second-order valence-electron chi connectivity index (χ2n) is 1.70. The molecule has 5 heteroatoms. The lowest BCUT2D eigenvalue weighted by atomic mass is 10.3. The van der Waals surface area contributed by atoms with Gasteiger partial charge in [-0.15, -0.1) is 0 Å². The maximum Gasteiger partial charge on any atom is 0.336 e. The number of amidine groups is 1. The lowest BCUT2D eigenvalue weighted by Crippen LogP contribution is -2.28. The number of nitrogens with one attached hydrogen (secondary N) is 1. The average Bonchev–Trinajstić information content (AvgIpc) is 1.88. The van der Waals surface area contributed by atoms with Gasteiger partial charge in [-0.25, -0.2) is 9.79 Å². The second kappa shape index (κ2) is 2.38. The first-order chi connectivity index (χ1) is 4.72. The molecule has 0 saturated heterocycles. The maximum atomic E-state index is 10.2. The number of carboxylic acids is 1. The highest BCUT2D eigenvalue weighted by molar-refractivity contribution is 6.24. The number of rotatable bonds is 1. The molecule has 1 aliphatic rings. The van der Waals surface area contributed by atoms with Crippen molar-refractivity contribution in [3.05, 3.63) is 0 Å². The average molecular weight is 139 g/mol. The van der Waals surface area contributed by atoms with Crippen LogP contribution in [-0.2, 0) is 4.79 Å². The maximum absolute atomic E-state index is 10.2. The van der Waals surface area contributed by atoms with Crippen molar-refractivity contribution in [1.82, 2.24) is 0 Å². The third-order valence-corrected chi connectivity index (χ3v) is 1.01. The fourth-order valence-electron chi connectivity index (χ4n) is 0.560. The van der Waals surface area contributed by atoms with E-state index < -0.39 is 12.0 Å². The van der Waals surface area contributed by atoms with Gasteiger partial charge in [-0.05, 0) is 0 Å². The number of hydrogen-bond donors (Lipinski definition) is 2. The first-order valence-corrected chi connectivity index (χ1v) is 2.59. The molecule has 1 atom stereocenters. The zero-order valence-electron chi connectivity index (χ0n) is 4.98. The molecule has 10 heavy (non-hydrogen) atoms. The summed E-state index contributed by atoms with van der Waals surface area (Å²) in [6.45, 7) is 0. The molecular weight excluding hydrogens is 134 g/mol. The molecular formula is C5H5N3O2. The standard InChI is InChI=1S/C5H5N3O2/c6-4-3(5(9)10)7-1-2-8-4/h1-3,6H,(H,9,10). The SMILES string of the molecule is N=C1N=CC=NC1C(=O)O. The second-order valence-corrected chi connectivity index (χ2v) is 1.70. The molecule has 0 amide bonds. The van der Waals surface area contributed by atoms with Crippen LogP contribution >= 0.6 is 0 Å². The Kier molecular flexibility index (Phi) is 1.57. The summed E-state index contributed by atoms with van der Waals surface area (Å²) in [6, 6.07) is -1.11. The number of hydrogen-bond acceptors (Lipinski definition) is 3. The number of aliphatic imine (C=N–C) groups is 2. The minimum absolute atomic E-state index is 0.227. The van der Waals surface area contributed by atoms with Gasteiger partial charge in [0.1, 0.15) is 0 Å². The van der Waals surface area contributed by atoms with Crippen LogP contribution in [0.4, 0.5) is 0 Å². The normalized spacial score (nSPS) is 23.2. The zero-order chi connectivity index (χ0) is 7.56. The Bertz CT molecular complexity index is 231. The molecule has 1 unspecified atom stereocenters. The molecule has 5 nitrogen and oxygen atoms in total. The van der Waals surface area contributed by atoms with Gasteiger partial charge >= 0.3 is 5.97 Å². The molecule has 1 rings (SSSR count). The van der Waals surface area contributed by atoms with Crippen molar-refractivity contribution >= 4 is 24.2 Å². The van der Waals surface area contributed by atoms with Gasteiger partial charge < -0.3 is 5.11 Å². The van der Waals surface area contributed by atoms with Gasteiger partial charge in [0.2, 0.25) is 6.04 Å². The van der Waals surface area contributed by atoms with Crippen LogP contribution in [0.1, 0.15) is 0 Å². The molecule has 0 aromatic heterocycles. The summed E-state index contributed by atoms with van der Waals surface area (Å²) in [4.78, 5) is 17.2. The summed E-state index contributed by atoms with van der Waals surface area (Å²) in [7, 11) is 0. The molecule has 0 spiro atoms. The van der Waals surface area contributed by atoms with Gasteiger partial charge in [0.15, 0.2) is 5.84 Å². The molecule has 1 aliphatic heterocycles. The molecule has 0 aliphatic carbocycles. The highest BCUT2D eigenvalue weighted by Gasteiger charge is 2.21. The smallest absolute Gasteiger partial charge is 0.336 e. The molecule has 0 bridgehead atoms. The number of aliphatic carboxylic acids is 1. The van der Waals surface area contributed by atoms with Crippen LogP contribution in [0.25, 0.3) is 0 Å². The first-order valence-electron chi connectivity index (χ1n) is 2.59. The molecule has 0 aromatic rings. The van der Waals surface area contributed by atoms with E-state index in [9.17, 15) is 4.79 Å². The van der Waals surface area contributed by atoms with Crippen LogP contribution in [0.15, 0.2) is 9.98 Å². The molecule has 2 N–H and O–H groups in total. The largest absolute Gasteiger partial charge is 0.479 e. The summed E-state index contributed by atoms with van der Waals surface area (Å²) < 4.78 is 0. The van der Waals surface area contributed by atoms with Gasteiger partial charge in [0.25, 0.3) is 0 Å². The molecule has 1 heterocycles. The van der Waals surface area contributed by atoms with Crippen LogP contribution in [0.5, 0.6) is 0 Å². The van der Waals surface area contributed by atoms with Crippen LogP contribution in [0.2, 0.25) is 0 Å². The Balaban J connectivity index is 2.80. The molecule has 0 radical (unpaired) electrons. The highest BCUT2D eigenvalue weighted by atomic mass is 16.4. The Morgan fingerprint density at radius 3 is 2.80 bits per heavy atom. The summed E-state index contributed by atoms with van der Waals surface area (Å²) in [6.07, 6.45) is 2.57.